The van der Waals surface area contributed by atoms with E-state index in [1.165, 1.54) is 24.8 Å². The lowest BCUT2D eigenvalue weighted by atomic mass is 10.0. The van der Waals surface area contributed by atoms with Crippen LogP contribution in [0.4, 0.5) is 11.5 Å². The summed E-state index contributed by atoms with van der Waals surface area (Å²) in [6, 6.07) is 14.0. The Morgan fingerprint density at radius 2 is 1.90 bits per heavy atom. The lowest BCUT2D eigenvalue weighted by molar-refractivity contribution is -0.110. The van der Waals surface area contributed by atoms with Crippen molar-refractivity contribution in [2.45, 2.75) is 26.2 Å². The van der Waals surface area contributed by atoms with Crippen LogP contribution in [0, 0.1) is 6.92 Å². The van der Waals surface area contributed by atoms with Crippen molar-refractivity contribution >= 4 is 51.6 Å². The molecule has 0 aliphatic carbocycles. The molecule has 5 heteroatoms. The molecule has 3 heterocycles. The van der Waals surface area contributed by atoms with Gasteiger partial charge >= 0.3 is 0 Å². The lowest BCUT2D eigenvalue weighted by Gasteiger charge is -2.29. The maximum Gasteiger partial charge on any atom is 0.256 e. The molecule has 3 aromatic rings. The van der Waals surface area contributed by atoms with Crippen molar-refractivity contribution in [3.8, 4) is 0 Å². The van der Waals surface area contributed by atoms with E-state index >= 15 is 0 Å². The fourth-order valence-corrected chi connectivity index (χ4v) is 4.38. The molecule has 1 amide bonds. The van der Waals surface area contributed by atoms with Crippen LogP contribution in [-0.4, -0.2) is 24.0 Å². The summed E-state index contributed by atoms with van der Waals surface area (Å²) in [7, 11) is 0. The highest BCUT2D eigenvalue weighted by atomic mass is 35.5. The molecule has 5 rings (SSSR count). The first-order chi connectivity index (χ1) is 14.1. The maximum absolute atomic E-state index is 12.7. The number of piperidine rings is 1. The standard InChI is InChI=1S/C24H22ClN3O/c1-15-5-6-16-12-17(23(26-22(16)11-15)28-9-3-2-4-10-28)13-20-19-14-18(25)7-8-21(19)27-24(20)29/h5-8,11-14H,2-4,9-10H2,1H3,(H,27,29)/b20-13+. The summed E-state index contributed by atoms with van der Waals surface area (Å²) in [5, 5.41) is 4.64. The average Bonchev–Trinajstić information content (AvgIpc) is 3.03. The van der Waals surface area contributed by atoms with E-state index in [2.05, 4.69) is 41.4 Å². The van der Waals surface area contributed by atoms with E-state index in [0.717, 1.165) is 46.6 Å². The Kier molecular flexibility index (Phi) is 4.51. The van der Waals surface area contributed by atoms with Crippen molar-refractivity contribution in [1.82, 2.24) is 4.98 Å². The lowest BCUT2D eigenvalue weighted by Crippen LogP contribution is -2.30. The van der Waals surface area contributed by atoms with Crippen LogP contribution in [0.25, 0.3) is 22.6 Å². The monoisotopic (exact) mass is 403 g/mol. The van der Waals surface area contributed by atoms with Crippen LogP contribution in [0.5, 0.6) is 0 Å². The van der Waals surface area contributed by atoms with Crippen LogP contribution in [0.2, 0.25) is 5.02 Å². The van der Waals surface area contributed by atoms with Gasteiger partial charge in [0.15, 0.2) is 0 Å². The van der Waals surface area contributed by atoms with E-state index in [1.54, 1.807) is 6.07 Å². The first-order valence-corrected chi connectivity index (χ1v) is 10.5. The molecule has 1 N–H and O–H groups in total. The molecule has 2 aromatic carbocycles. The molecule has 0 atom stereocenters. The SMILES string of the molecule is Cc1ccc2cc(/C=C3/C(=O)Nc4ccc(Cl)cc43)c(N3CCCCC3)nc2c1. The molecule has 0 bridgehead atoms. The zero-order valence-corrected chi connectivity index (χ0v) is 17.1. The van der Waals surface area contributed by atoms with Gasteiger partial charge in [-0.3, -0.25) is 4.79 Å². The fourth-order valence-electron chi connectivity index (χ4n) is 4.21. The second-order valence-corrected chi connectivity index (χ2v) is 8.28. The molecule has 1 fully saturated rings. The third-order valence-electron chi connectivity index (χ3n) is 5.70. The summed E-state index contributed by atoms with van der Waals surface area (Å²) in [4.78, 5) is 20.1. The number of amides is 1. The molecular formula is C24H22ClN3O. The number of nitrogens with zero attached hydrogens (tertiary/aromatic N) is 2. The molecule has 4 nitrogen and oxygen atoms in total. The first-order valence-electron chi connectivity index (χ1n) is 10.1. The maximum atomic E-state index is 12.7. The number of fused-ring (bicyclic) bond motifs is 2. The number of hydrogen-bond donors (Lipinski definition) is 1. The molecule has 1 saturated heterocycles. The van der Waals surface area contributed by atoms with Gasteiger partial charge in [-0.05, 0) is 68.2 Å². The summed E-state index contributed by atoms with van der Waals surface area (Å²) < 4.78 is 0. The summed E-state index contributed by atoms with van der Waals surface area (Å²) in [5.41, 5.74) is 5.44. The Labute approximate surface area is 175 Å². The Morgan fingerprint density at radius 3 is 2.72 bits per heavy atom. The van der Waals surface area contributed by atoms with Crippen molar-refractivity contribution in [2.24, 2.45) is 0 Å². The third-order valence-corrected chi connectivity index (χ3v) is 5.94. The topological polar surface area (TPSA) is 45.2 Å². The van der Waals surface area contributed by atoms with Crippen LogP contribution in [0.1, 0.15) is 36.0 Å². The van der Waals surface area contributed by atoms with Gasteiger partial charge < -0.3 is 10.2 Å². The number of aryl methyl sites for hydroxylation is 1. The van der Waals surface area contributed by atoms with E-state index in [1.807, 2.05) is 18.2 Å². The number of rotatable bonds is 2. The molecule has 0 saturated carbocycles. The second-order valence-electron chi connectivity index (χ2n) is 7.85. The Bertz CT molecular complexity index is 1160. The summed E-state index contributed by atoms with van der Waals surface area (Å²) in [5.74, 6) is 0.856. The zero-order chi connectivity index (χ0) is 20.0. The van der Waals surface area contributed by atoms with Crippen molar-refractivity contribution in [3.05, 3.63) is 64.2 Å². The molecule has 2 aliphatic heterocycles. The van der Waals surface area contributed by atoms with Crippen LogP contribution < -0.4 is 10.2 Å². The molecule has 0 radical (unpaired) electrons. The molecule has 0 unspecified atom stereocenters. The first kappa shape index (κ1) is 18.2. The number of pyridine rings is 1. The Morgan fingerprint density at radius 1 is 1.07 bits per heavy atom. The van der Waals surface area contributed by atoms with Crippen molar-refractivity contribution in [3.63, 3.8) is 0 Å². The van der Waals surface area contributed by atoms with Crippen LogP contribution in [0.3, 0.4) is 0 Å². The van der Waals surface area contributed by atoms with Gasteiger partial charge in [0.1, 0.15) is 5.82 Å². The largest absolute Gasteiger partial charge is 0.356 e. The third kappa shape index (κ3) is 3.38. The number of nitrogens with one attached hydrogen (secondary N) is 1. The molecule has 2 aliphatic rings. The van der Waals surface area contributed by atoms with E-state index in [-0.39, 0.29) is 5.91 Å². The normalized spacial score (nSPS) is 17.7. The number of anilines is 2. The predicted molar refractivity (Wildman–Crippen MR) is 120 cm³/mol. The van der Waals surface area contributed by atoms with Gasteiger partial charge in [0.25, 0.3) is 5.91 Å². The van der Waals surface area contributed by atoms with Crippen molar-refractivity contribution < 1.29 is 4.79 Å². The Balaban J connectivity index is 1.69. The van der Waals surface area contributed by atoms with Crippen LogP contribution in [-0.2, 0) is 4.79 Å². The van der Waals surface area contributed by atoms with E-state index in [4.69, 9.17) is 16.6 Å². The van der Waals surface area contributed by atoms with E-state index < -0.39 is 0 Å². The minimum absolute atomic E-state index is 0.101. The highest BCUT2D eigenvalue weighted by Crippen LogP contribution is 2.37. The molecule has 29 heavy (non-hydrogen) atoms. The van der Waals surface area contributed by atoms with Crippen LogP contribution >= 0.6 is 11.6 Å². The molecule has 0 spiro atoms. The quantitative estimate of drug-likeness (QED) is 0.560. The number of benzene rings is 2. The number of hydrogen-bond acceptors (Lipinski definition) is 3. The number of carbonyl (C=O) groups is 1. The number of aromatic nitrogens is 1. The minimum Gasteiger partial charge on any atom is -0.356 e. The van der Waals surface area contributed by atoms with Gasteiger partial charge in [-0.25, -0.2) is 4.98 Å². The van der Waals surface area contributed by atoms with E-state index in [9.17, 15) is 4.79 Å². The number of carbonyl (C=O) groups excluding carboxylic acids is 1. The summed E-state index contributed by atoms with van der Waals surface area (Å²) >= 11 is 6.20. The van der Waals surface area contributed by atoms with Gasteiger partial charge in [0.2, 0.25) is 0 Å². The van der Waals surface area contributed by atoms with Gasteiger partial charge in [-0.1, -0.05) is 23.7 Å². The summed E-state index contributed by atoms with van der Waals surface area (Å²) in [6.45, 7) is 4.07. The molecular weight excluding hydrogens is 382 g/mol. The van der Waals surface area contributed by atoms with E-state index in [0.29, 0.717) is 10.6 Å². The van der Waals surface area contributed by atoms with Crippen molar-refractivity contribution in [2.75, 3.05) is 23.3 Å². The van der Waals surface area contributed by atoms with Gasteiger partial charge in [-0.15, -0.1) is 0 Å². The smallest absolute Gasteiger partial charge is 0.256 e. The fraction of sp³-hybridized carbons (Fsp3) is 0.250. The van der Waals surface area contributed by atoms with Crippen molar-refractivity contribution in [1.29, 1.82) is 0 Å². The Hall–Kier alpha value is -2.85. The van der Waals surface area contributed by atoms with Gasteiger partial charge in [0.05, 0.1) is 5.52 Å². The zero-order valence-electron chi connectivity index (χ0n) is 16.3. The van der Waals surface area contributed by atoms with Gasteiger partial charge in [-0.2, -0.15) is 0 Å². The minimum atomic E-state index is -0.101. The molecule has 1 aromatic heterocycles. The molecule has 146 valence electrons. The number of halogens is 1. The summed E-state index contributed by atoms with van der Waals surface area (Å²) in [6.07, 6.45) is 5.56. The predicted octanol–water partition coefficient (Wildman–Crippen LogP) is 5.68. The van der Waals surface area contributed by atoms with Crippen LogP contribution in [0.15, 0.2) is 42.5 Å². The van der Waals surface area contributed by atoms with Gasteiger partial charge in [0, 0.05) is 45.9 Å². The highest BCUT2D eigenvalue weighted by molar-refractivity contribution is 6.37. The highest BCUT2D eigenvalue weighted by Gasteiger charge is 2.25. The second kappa shape index (κ2) is 7.20. The average molecular weight is 404 g/mol.